The van der Waals surface area contributed by atoms with Gasteiger partial charge < -0.3 is 15.9 Å². The maximum absolute atomic E-state index is 14.2. The molecule has 3 aromatic rings. The Bertz CT molecular complexity index is 1180. The zero-order valence-corrected chi connectivity index (χ0v) is 18.6. The molecule has 0 radical (unpaired) electrons. The third-order valence-electron chi connectivity index (χ3n) is 6.44. The molecule has 5 rings (SSSR count). The summed E-state index contributed by atoms with van der Waals surface area (Å²) in [6, 6.07) is 8.73. The molecule has 1 saturated heterocycles. The Hall–Kier alpha value is -3.39. The Morgan fingerprint density at radius 3 is 2.85 bits per heavy atom. The molecule has 170 valence electrons. The Balaban J connectivity index is 1.49. The monoisotopic (exact) mass is 446 g/mol. The minimum absolute atomic E-state index is 0.0418. The maximum atomic E-state index is 14.2. The van der Waals surface area contributed by atoms with Crippen LogP contribution in [0, 0.1) is 18.7 Å². The van der Waals surface area contributed by atoms with Crippen molar-refractivity contribution in [2.45, 2.75) is 32.1 Å². The quantitative estimate of drug-likeness (QED) is 0.443. The average Bonchev–Trinajstić information content (AvgIpc) is 2.77. The topological polar surface area (TPSA) is 98.3 Å². The Labute approximate surface area is 192 Å². The fourth-order valence-electron chi connectivity index (χ4n) is 4.67. The van der Waals surface area contributed by atoms with Gasteiger partial charge in [0, 0.05) is 29.9 Å². The molecule has 7 nitrogen and oxygen atoms in total. The first-order valence-electron chi connectivity index (χ1n) is 11.3. The number of halogens is 1. The maximum Gasteiger partial charge on any atom is 0.220 e. The van der Waals surface area contributed by atoms with Crippen LogP contribution in [0.2, 0.25) is 0 Å². The predicted molar refractivity (Wildman–Crippen MR) is 125 cm³/mol. The predicted octanol–water partition coefficient (Wildman–Crippen LogP) is 3.63. The van der Waals surface area contributed by atoms with Crippen molar-refractivity contribution in [1.82, 2.24) is 20.3 Å². The van der Waals surface area contributed by atoms with E-state index in [-0.39, 0.29) is 17.7 Å². The first-order valence-corrected chi connectivity index (χ1v) is 11.3. The smallest absolute Gasteiger partial charge is 0.220 e. The first-order chi connectivity index (χ1) is 16.1. The minimum Gasteiger partial charge on any atom is -0.396 e. The third-order valence-corrected chi connectivity index (χ3v) is 6.44. The van der Waals surface area contributed by atoms with Gasteiger partial charge in [0.05, 0.1) is 17.1 Å². The number of hydrogen-bond donors (Lipinski definition) is 2. The fraction of sp³-hybridized carbons (Fsp3) is 0.360. The number of aromatic nitrogens is 3. The van der Waals surface area contributed by atoms with Crippen molar-refractivity contribution in [3.8, 4) is 11.1 Å². The summed E-state index contributed by atoms with van der Waals surface area (Å²) in [6.45, 7) is 4.57. The number of anilines is 1. The van der Waals surface area contributed by atoms with Crippen LogP contribution in [-0.4, -0.2) is 40.4 Å². The van der Waals surface area contributed by atoms with Gasteiger partial charge in [-0.15, -0.1) is 0 Å². The van der Waals surface area contributed by atoms with Crippen molar-refractivity contribution in [1.29, 1.82) is 0 Å². The summed E-state index contributed by atoms with van der Waals surface area (Å²) >= 11 is 0. The Morgan fingerprint density at radius 1 is 1.21 bits per heavy atom. The van der Waals surface area contributed by atoms with Gasteiger partial charge in [0.15, 0.2) is 0 Å². The molecule has 0 saturated carbocycles. The van der Waals surface area contributed by atoms with E-state index in [0.717, 1.165) is 58.9 Å². The molecule has 1 aromatic carbocycles. The molecule has 1 fully saturated rings. The van der Waals surface area contributed by atoms with Crippen LogP contribution in [0.3, 0.4) is 0 Å². The number of nitrogen functional groups attached to an aromatic ring is 1. The molecule has 0 amide bonds. The minimum atomic E-state index is -0.279. The van der Waals surface area contributed by atoms with Crippen LogP contribution in [-0.2, 0) is 11.3 Å². The summed E-state index contributed by atoms with van der Waals surface area (Å²) in [6.07, 6.45) is 5.75. The average molecular weight is 447 g/mol. The van der Waals surface area contributed by atoms with E-state index in [1.807, 2.05) is 25.1 Å². The second-order valence-corrected chi connectivity index (χ2v) is 8.75. The van der Waals surface area contributed by atoms with Crippen molar-refractivity contribution < 1.29 is 9.23 Å². The molecule has 1 aliphatic heterocycles. The van der Waals surface area contributed by atoms with E-state index in [9.17, 15) is 4.39 Å². The molecule has 1 unspecified atom stereocenters. The van der Waals surface area contributed by atoms with Crippen LogP contribution in [0.15, 0.2) is 47.9 Å². The molecular weight excluding hydrogens is 419 g/mol. The molecule has 1 aliphatic carbocycles. The van der Waals surface area contributed by atoms with Crippen molar-refractivity contribution in [3.63, 3.8) is 0 Å². The highest BCUT2D eigenvalue weighted by atomic mass is 19.1. The van der Waals surface area contributed by atoms with Crippen LogP contribution in [0.1, 0.15) is 41.3 Å². The van der Waals surface area contributed by atoms with E-state index in [4.69, 9.17) is 10.6 Å². The molecule has 8 heteroatoms. The lowest BCUT2D eigenvalue weighted by molar-refractivity contribution is 0.118. The van der Waals surface area contributed by atoms with Crippen LogP contribution in [0.4, 0.5) is 10.3 Å². The number of benzene rings is 1. The zero-order valence-electron chi connectivity index (χ0n) is 18.6. The summed E-state index contributed by atoms with van der Waals surface area (Å²) in [5, 5.41) is 7.80. The summed E-state index contributed by atoms with van der Waals surface area (Å²) in [4.78, 5) is 18.9. The lowest BCUT2D eigenvalue weighted by Crippen LogP contribution is -2.42. The van der Waals surface area contributed by atoms with Gasteiger partial charge in [0.1, 0.15) is 12.4 Å². The standard InChI is InChI=1S/C25H27FN6O/c1-15-24-22(31-25(27)30-15)9-18(10-23(24)32-33-8-6-16-12-29-13-16)20-5-4-19(26)11-21(20)17-3-2-7-28-14-17/h2-5,7,11,14,16,18,29H,6,8-10,12-13H2,1H3,(H2,27,30,31). The molecule has 2 aliphatic rings. The van der Waals surface area contributed by atoms with Gasteiger partial charge in [-0.3, -0.25) is 4.98 Å². The highest BCUT2D eigenvalue weighted by Crippen LogP contribution is 2.38. The fourth-order valence-corrected chi connectivity index (χ4v) is 4.67. The largest absolute Gasteiger partial charge is 0.396 e. The molecule has 33 heavy (non-hydrogen) atoms. The van der Waals surface area contributed by atoms with Crippen LogP contribution in [0.5, 0.6) is 0 Å². The number of nitrogens with two attached hydrogens (primary N) is 1. The normalized spacial score (nSPS) is 19.2. The van der Waals surface area contributed by atoms with Crippen LogP contribution in [0.25, 0.3) is 11.1 Å². The van der Waals surface area contributed by atoms with E-state index in [1.54, 1.807) is 18.5 Å². The van der Waals surface area contributed by atoms with Crippen molar-refractivity contribution in [3.05, 3.63) is 71.1 Å². The van der Waals surface area contributed by atoms with Crippen molar-refractivity contribution in [2.75, 3.05) is 25.4 Å². The van der Waals surface area contributed by atoms with Crippen LogP contribution >= 0.6 is 0 Å². The molecular formula is C25H27FN6O. The highest BCUT2D eigenvalue weighted by Gasteiger charge is 2.30. The van der Waals surface area contributed by atoms with Gasteiger partial charge in [-0.2, -0.15) is 0 Å². The zero-order chi connectivity index (χ0) is 22.8. The second-order valence-electron chi connectivity index (χ2n) is 8.75. The van der Waals surface area contributed by atoms with E-state index in [2.05, 4.69) is 25.4 Å². The number of fused-ring (bicyclic) bond motifs is 1. The molecule has 0 spiro atoms. The number of aryl methyl sites for hydroxylation is 1. The number of nitrogens with one attached hydrogen (secondary N) is 1. The van der Waals surface area contributed by atoms with Gasteiger partial charge in [-0.1, -0.05) is 17.3 Å². The molecule has 1 atom stereocenters. The van der Waals surface area contributed by atoms with E-state index in [0.29, 0.717) is 25.4 Å². The third kappa shape index (κ3) is 4.57. The van der Waals surface area contributed by atoms with Gasteiger partial charge in [-0.05, 0) is 74.0 Å². The van der Waals surface area contributed by atoms with Gasteiger partial charge >= 0.3 is 0 Å². The van der Waals surface area contributed by atoms with Crippen molar-refractivity contribution >= 4 is 11.7 Å². The SMILES string of the molecule is Cc1nc(N)nc2c1C(=NOCCC1CNC1)CC(c1ccc(F)cc1-c1cccnc1)C2. The van der Waals surface area contributed by atoms with E-state index in [1.165, 1.54) is 6.07 Å². The summed E-state index contributed by atoms with van der Waals surface area (Å²) in [7, 11) is 0. The Kier molecular flexibility index (Phi) is 6.00. The van der Waals surface area contributed by atoms with Gasteiger partial charge in [-0.25, -0.2) is 14.4 Å². The number of pyridine rings is 1. The highest BCUT2D eigenvalue weighted by molar-refractivity contribution is 6.03. The second kappa shape index (κ2) is 9.23. The number of nitrogens with zero attached hydrogens (tertiary/aromatic N) is 4. The summed E-state index contributed by atoms with van der Waals surface area (Å²) in [5.74, 6) is 0.665. The Morgan fingerprint density at radius 2 is 2.09 bits per heavy atom. The van der Waals surface area contributed by atoms with Crippen LogP contribution < -0.4 is 11.1 Å². The number of hydrogen-bond acceptors (Lipinski definition) is 7. The van der Waals surface area contributed by atoms with Gasteiger partial charge in [0.25, 0.3) is 0 Å². The summed E-state index contributed by atoms with van der Waals surface area (Å²) in [5.41, 5.74) is 12.1. The molecule has 0 bridgehead atoms. The summed E-state index contributed by atoms with van der Waals surface area (Å²) < 4.78 is 14.2. The number of oxime groups is 1. The van der Waals surface area contributed by atoms with E-state index < -0.39 is 0 Å². The van der Waals surface area contributed by atoms with Crippen molar-refractivity contribution in [2.24, 2.45) is 11.1 Å². The molecule has 3 heterocycles. The number of rotatable bonds is 6. The van der Waals surface area contributed by atoms with Gasteiger partial charge in [0.2, 0.25) is 5.95 Å². The van der Waals surface area contributed by atoms with E-state index >= 15 is 0 Å². The lowest BCUT2D eigenvalue weighted by atomic mass is 9.78. The lowest BCUT2D eigenvalue weighted by Gasteiger charge is -2.28. The molecule has 2 aromatic heterocycles. The first kappa shape index (κ1) is 21.5. The molecule has 3 N–H and O–H groups in total.